The van der Waals surface area contributed by atoms with Crippen LogP contribution in [-0.4, -0.2) is 30.6 Å². The van der Waals surface area contributed by atoms with Crippen LogP contribution in [-0.2, 0) is 4.79 Å². The van der Waals surface area contributed by atoms with Gasteiger partial charge in [-0.15, -0.1) is 0 Å². The summed E-state index contributed by atoms with van der Waals surface area (Å²) >= 11 is 0. The van der Waals surface area contributed by atoms with Crippen molar-refractivity contribution in [1.29, 1.82) is 0 Å². The van der Waals surface area contributed by atoms with Crippen LogP contribution in [0.25, 0.3) is 6.08 Å². The molecular weight excluding hydrogens is 246 g/mol. The molecule has 19 heavy (non-hydrogen) atoms. The van der Waals surface area contributed by atoms with Crippen molar-refractivity contribution in [2.75, 3.05) is 13.7 Å². The molecule has 2 N–H and O–H groups in total. The van der Waals surface area contributed by atoms with E-state index in [1.165, 1.54) is 20.1 Å². The molecule has 0 atom stereocenters. The monoisotopic (exact) mass is 263 g/mol. The third-order valence-electron chi connectivity index (χ3n) is 2.47. The number of rotatable bonds is 6. The van der Waals surface area contributed by atoms with Crippen molar-refractivity contribution >= 4 is 18.0 Å². The minimum Gasteiger partial charge on any atom is -0.497 e. The van der Waals surface area contributed by atoms with Gasteiger partial charge in [-0.2, -0.15) is 0 Å². The van der Waals surface area contributed by atoms with E-state index in [2.05, 4.69) is 5.32 Å². The van der Waals surface area contributed by atoms with Crippen LogP contribution in [0.1, 0.15) is 29.3 Å². The topological polar surface area (TPSA) is 75.6 Å². The lowest BCUT2D eigenvalue weighted by Gasteiger charge is -2.05. The number of hydrogen-bond acceptors (Lipinski definition) is 3. The fourth-order valence-electron chi connectivity index (χ4n) is 1.54. The van der Waals surface area contributed by atoms with Gasteiger partial charge in [-0.3, -0.25) is 4.79 Å². The van der Waals surface area contributed by atoms with Crippen molar-refractivity contribution in [1.82, 2.24) is 5.32 Å². The Morgan fingerprint density at radius 3 is 2.74 bits per heavy atom. The summed E-state index contributed by atoms with van der Waals surface area (Å²) < 4.78 is 5.06. The van der Waals surface area contributed by atoms with Crippen LogP contribution >= 0.6 is 0 Å². The van der Waals surface area contributed by atoms with E-state index in [9.17, 15) is 9.59 Å². The number of carbonyl (C=O) groups excluding carboxylic acids is 1. The van der Waals surface area contributed by atoms with E-state index in [4.69, 9.17) is 9.84 Å². The minimum absolute atomic E-state index is 0.0824. The lowest BCUT2D eigenvalue weighted by Crippen LogP contribution is -2.20. The summed E-state index contributed by atoms with van der Waals surface area (Å²) in [7, 11) is 1.53. The smallest absolute Gasteiger partial charge is 0.336 e. The fourth-order valence-corrected chi connectivity index (χ4v) is 1.54. The molecule has 102 valence electrons. The normalized spacial score (nSPS) is 10.4. The molecule has 0 aliphatic rings. The van der Waals surface area contributed by atoms with Gasteiger partial charge in [-0.25, -0.2) is 4.79 Å². The van der Waals surface area contributed by atoms with Gasteiger partial charge in [-0.05, 0) is 30.2 Å². The van der Waals surface area contributed by atoms with Gasteiger partial charge in [0, 0.05) is 13.5 Å². The first-order chi connectivity index (χ1) is 9.04. The van der Waals surface area contributed by atoms with E-state index in [0.29, 0.717) is 24.3 Å². The van der Waals surface area contributed by atoms with Crippen LogP contribution in [0, 0.1) is 0 Å². The third-order valence-corrected chi connectivity index (χ3v) is 2.47. The molecule has 0 saturated heterocycles. The van der Waals surface area contributed by atoms with Gasteiger partial charge >= 0.3 is 5.97 Å². The average Bonchev–Trinajstić information content (AvgIpc) is 2.37. The first-order valence-corrected chi connectivity index (χ1v) is 5.87. The van der Waals surface area contributed by atoms with Gasteiger partial charge in [-0.1, -0.05) is 12.2 Å². The third kappa shape index (κ3) is 4.83. The highest BCUT2D eigenvalue weighted by molar-refractivity contribution is 5.92. The zero-order chi connectivity index (χ0) is 14.3. The van der Waals surface area contributed by atoms with E-state index in [0.717, 1.165) is 0 Å². The fraction of sp³-hybridized carbons (Fsp3) is 0.286. The number of carbonyl (C=O) groups is 2. The summed E-state index contributed by atoms with van der Waals surface area (Å²) in [5.41, 5.74) is 0.797. The van der Waals surface area contributed by atoms with Crippen LogP contribution in [0.5, 0.6) is 5.75 Å². The van der Waals surface area contributed by atoms with E-state index >= 15 is 0 Å². The number of amides is 1. The zero-order valence-electron chi connectivity index (χ0n) is 11.0. The SMILES string of the molecule is COc1ccc(C(=O)O)c(C=CCCNC(C)=O)c1. The Kier molecular flexibility index (Phi) is 5.60. The summed E-state index contributed by atoms with van der Waals surface area (Å²) in [6.07, 6.45) is 4.17. The molecule has 0 aromatic heterocycles. The predicted molar refractivity (Wildman–Crippen MR) is 72.3 cm³/mol. The maximum atomic E-state index is 11.1. The number of aromatic carboxylic acids is 1. The highest BCUT2D eigenvalue weighted by Gasteiger charge is 2.08. The molecule has 1 rings (SSSR count). The molecule has 0 radical (unpaired) electrons. The first kappa shape index (κ1) is 14.8. The first-order valence-electron chi connectivity index (χ1n) is 5.87. The van der Waals surface area contributed by atoms with Gasteiger partial charge in [0.25, 0.3) is 0 Å². The predicted octanol–water partition coefficient (Wildman–Crippen LogP) is 1.93. The number of carboxylic acids is 1. The van der Waals surface area contributed by atoms with Crippen LogP contribution < -0.4 is 10.1 Å². The summed E-state index contributed by atoms with van der Waals surface area (Å²) in [5.74, 6) is -0.461. The molecule has 0 heterocycles. The number of nitrogens with one attached hydrogen (secondary N) is 1. The quantitative estimate of drug-likeness (QED) is 0.769. The Hall–Kier alpha value is -2.30. The van der Waals surface area contributed by atoms with E-state index in [-0.39, 0.29) is 11.5 Å². The lowest BCUT2D eigenvalue weighted by atomic mass is 10.1. The van der Waals surface area contributed by atoms with Crippen molar-refractivity contribution in [3.8, 4) is 5.75 Å². The second-order valence-electron chi connectivity index (χ2n) is 3.93. The molecule has 0 spiro atoms. The molecule has 0 saturated carbocycles. The molecule has 5 nitrogen and oxygen atoms in total. The van der Waals surface area contributed by atoms with Gasteiger partial charge in [0.15, 0.2) is 0 Å². The van der Waals surface area contributed by atoms with E-state index in [1.807, 2.05) is 6.08 Å². The Morgan fingerprint density at radius 2 is 2.16 bits per heavy atom. The number of hydrogen-bond donors (Lipinski definition) is 2. The maximum absolute atomic E-state index is 11.1. The van der Waals surface area contributed by atoms with Gasteiger partial charge in [0.2, 0.25) is 5.91 Å². The van der Waals surface area contributed by atoms with Crippen molar-refractivity contribution < 1.29 is 19.4 Å². The van der Waals surface area contributed by atoms with E-state index < -0.39 is 5.97 Å². The number of carboxylic acid groups (broad SMARTS) is 1. The average molecular weight is 263 g/mol. The van der Waals surface area contributed by atoms with Crippen molar-refractivity contribution in [3.05, 3.63) is 35.4 Å². The molecule has 0 fully saturated rings. The van der Waals surface area contributed by atoms with Crippen molar-refractivity contribution in [2.24, 2.45) is 0 Å². The zero-order valence-corrected chi connectivity index (χ0v) is 11.0. The van der Waals surface area contributed by atoms with Gasteiger partial charge in [0.05, 0.1) is 12.7 Å². The van der Waals surface area contributed by atoms with Crippen molar-refractivity contribution in [2.45, 2.75) is 13.3 Å². The largest absolute Gasteiger partial charge is 0.497 e. The summed E-state index contributed by atoms with van der Waals surface area (Å²) in [6.45, 7) is 1.98. The maximum Gasteiger partial charge on any atom is 0.336 e. The van der Waals surface area contributed by atoms with Crippen molar-refractivity contribution in [3.63, 3.8) is 0 Å². The number of benzene rings is 1. The Bertz CT molecular complexity index is 494. The number of methoxy groups -OCH3 is 1. The molecule has 1 aromatic carbocycles. The van der Waals surface area contributed by atoms with Crippen LogP contribution in [0.3, 0.4) is 0 Å². The summed E-state index contributed by atoms with van der Waals surface area (Å²) in [6, 6.07) is 4.78. The highest BCUT2D eigenvalue weighted by Crippen LogP contribution is 2.19. The molecule has 1 aromatic rings. The molecule has 5 heteroatoms. The summed E-state index contributed by atoms with van der Waals surface area (Å²) in [4.78, 5) is 21.7. The molecule has 0 aliphatic heterocycles. The van der Waals surface area contributed by atoms with Crippen LogP contribution in [0.2, 0.25) is 0 Å². The molecule has 1 amide bonds. The molecule has 0 unspecified atom stereocenters. The minimum atomic E-state index is -0.982. The van der Waals surface area contributed by atoms with Gasteiger partial charge < -0.3 is 15.2 Å². The molecule has 0 bridgehead atoms. The Balaban J connectivity index is 2.76. The number of ether oxygens (including phenoxy) is 1. The second kappa shape index (κ2) is 7.20. The van der Waals surface area contributed by atoms with Gasteiger partial charge in [0.1, 0.15) is 5.75 Å². The Morgan fingerprint density at radius 1 is 1.42 bits per heavy atom. The van der Waals surface area contributed by atoms with E-state index in [1.54, 1.807) is 18.2 Å². The lowest BCUT2D eigenvalue weighted by molar-refractivity contribution is -0.118. The van der Waals surface area contributed by atoms with Crippen LogP contribution in [0.4, 0.5) is 0 Å². The molecular formula is C14H17NO4. The standard InChI is InChI=1S/C14H17NO4/c1-10(16)15-8-4-3-5-11-9-12(19-2)6-7-13(11)14(17)18/h3,5-7,9H,4,8H2,1-2H3,(H,15,16)(H,17,18). The summed E-state index contributed by atoms with van der Waals surface area (Å²) in [5, 5.41) is 11.7. The van der Waals surface area contributed by atoms with Crippen LogP contribution in [0.15, 0.2) is 24.3 Å². The second-order valence-corrected chi connectivity index (χ2v) is 3.93. The Labute approximate surface area is 111 Å². The highest BCUT2D eigenvalue weighted by atomic mass is 16.5. The molecule has 0 aliphatic carbocycles.